The Hall–Kier alpha value is -0.940. The summed E-state index contributed by atoms with van der Waals surface area (Å²) >= 11 is 1.47. The van der Waals surface area contributed by atoms with E-state index in [2.05, 4.69) is 15.2 Å². The maximum absolute atomic E-state index is 12.0. The first kappa shape index (κ1) is 11.2. The Bertz CT molecular complexity index is 392. The van der Waals surface area contributed by atoms with Crippen LogP contribution in [0.4, 0.5) is 0 Å². The number of rotatable bonds is 2. The van der Waals surface area contributed by atoms with Gasteiger partial charge in [-0.1, -0.05) is 6.42 Å². The summed E-state index contributed by atoms with van der Waals surface area (Å²) in [6.07, 6.45) is 4.91. The summed E-state index contributed by atoms with van der Waals surface area (Å²) in [5.41, 5.74) is 2.26. The van der Waals surface area contributed by atoms with E-state index in [-0.39, 0.29) is 5.91 Å². The second-order valence-corrected chi connectivity index (χ2v) is 5.56. The van der Waals surface area contributed by atoms with Crippen molar-refractivity contribution in [3.05, 3.63) is 16.6 Å². The molecule has 2 atom stereocenters. The van der Waals surface area contributed by atoms with Crippen molar-refractivity contribution in [3.63, 3.8) is 0 Å². The van der Waals surface area contributed by atoms with E-state index in [1.54, 1.807) is 5.51 Å². The number of carbonyl (C=O) groups excluding carboxylic acids is 1. The molecule has 3 heterocycles. The van der Waals surface area contributed by atoms with Gasteiger partial charge in [0.2, 0.25) is 0 Å². The van der Waals surface area contributed by atoms with E-state index in [0.717, 1.165) is 13.0 Å². The fraction of sp³-hybridized carbons (Fsp3) is 0.667. The summed E-state index contributed by atoms with van der Waals surface area (Å²) in [6, 6.07) is 0.885. The average Bonchev–Trinajstić information content (AvgIpc) is 2.98. The summed E-state index contributed by atoms with van der Waals surface area (Å²) in [5.74, 6) is -0.0105. The van der Waals surface area contributed by atoms with Crippen molar-refractivity contribution in [1.82, 2.24) is 15.2 Å². The number of hydrogen-bond acceptors (Lipinski definition) is 4. The van der Waals surface area contributed by atoms with Crippen LogP contribution in [0.1, 0.15) is 36.2 Å². The highest BCUT2D eigenvalue weighted by molar-refractivity contribution is 7.07. The minimum Gasteiger partial charge on any atom is -0.346 e. The Labute approximate surface area is 105 Å². The molecule has 0 saturated carbocycles. The van der Waals surface area contributed by atoms with Crippen LogP contribution in [0.2, 0.25) is 0 Å². The SMILES string of the molecule is O=C(NC1CCN2CCCCC12)c1cscn1. The number of fused-ring (bicyclic) bond motifs is 1. The Balaban J connectivity index is 1.64. The summed E-state index contributed by atoms with van der Waals surface area (Å²) in [4.78, 5) is 18.5. The number of thiazole rings is 1. The minimum atomic E-state index is -0.0105. The number of hydrogen-bond donors (Lipinski definition) is 1. The molecule has 2 fully saturated rings. The molecule has 0 bridgehead atoms. The first-order valence-electron chi connectivity index (χ1n) is 6.28. The molecule has 0 aliphatic carbocycles. The number of amides is 1. The highest BCUT2D eigenvalue weighted by atomic mass is 32.1. The van der Waals surface area contributed by atoms with Crippen LogP contribution in [0.15, 0.2) is 10.9 Å². The predicted molar refractivity (Wildman–Crippen MR) is 67.2 cm³/mol. The molecule has 2 saturated heterocycles. The predicted octanol–water partition coefficient (Wildman–Crippen LogP) is 1.50. The zero-order valence-electron chi connectivity index (χ0n) is 9.76. The second-order valence-electron chi connectivity index (χ2n) is 4.84. The van der Waals surface area contributed by atoms with Crippen LogP contribution in [0.3, 0.4) is 0 Å². The fourth-order valence-electron chi connectivity index (χ4n) is 2.98. The lowest BCUT2D eigenvalue weighted by molar-refractivity contribution is 0.0911. The zero-order valence-corrected chi connectivity index (χ0v) is 10.6. The van der Waals surface area contributed by atoms with Gasteiger partial charge in [-0.05, 0) is 25.8 Å². The summed E-state index contributed by atoms with van der Waals surface area (Å²) in [6.45, 7) is 2.33. The summed E-state index contributed by atoms with van der Waals surface area (Å²) in [5, 5.41) is 4.95. The maximum atomic E-state index is 12.0. The normalized spacial score (nSPS) is 28.9. The number of nitrogens with zero attached hydrogens (tertiary/aromatic N) is 2. The van der Waals surface area contributed by atoms with Gasteiger partial charge in [0.15, 0.2) is 0 Å². The van der Waals surface area contributed by atoms with Crippen molar-refractivity contribution < 1.29 is 4.79 Å². The van der Waals surface area contributed by atoms with E-state index in [1.165, 1.54) is 37.1 Å². The van der Waals surface area contributed by atoms with Gasteiger partial charge in [0.1, 0.15) is 5.69 Å². The molecule has 2 unspecified atom stereocenters. The molecule has 4 nitrogen and oxygen atoms in total. The lowest BCUT2D eigenvalue weighted by Crippen LogP contribution is -2.46. The van der Waals surface area contributed by atoms with Crippen LogP contribution in [-0.4, -0.2) is 41.0 Å². The van der Waals surface area contributed by atoms with E-state index in [1.807, 2.05) is 5.38 Å². The van der Waals surface area contributed by atoms with Gasteiger partial charge < -0.3 is 5.32 Å². The van der Waals surface area contributed by atoms with Gasteiger partial charge in [-0.3, -0.25) is 9.69 Å². The average molecular weight is 251 g/mol. The Morgan fingerprint density at radius 3 is 3.18 bits per heavy atom. The van der Waals surface area contributed by atoms with Crippen molar-refractivity contribution in [2.75, 3.05) is 13.1 Å². The molecule has 0 radical (unpaired) electrons. The molecule has 1 amide bonds. The van der Waals surface area contributed by atoms with E-state index < -0.39 is 0 Å². The number of piperidine rings is 1. The van der Waals surface area contributed by atoms with E-state index in [9.17, 15) is 4.79 Å². The van der Waals surface area contributed by atoms with Crippen molar-refractivity contribution in [3.8, 4) is 0 Å². The van der Waals surface area contributed by atoms with Crippen LogP contribution in [0.5, 0.6) is 0 Å². The first-order chi connectivity index (χ1) is 8.34. The number of nitrogens with one attached hydrogen (secondary N) is 1. The standard InChI is InChI=1S/C12H17N3OS/c16-12(10-7-17-8-13-10)14-9-4-6-15-5-2-1-3-11(9)15/h7-9,11H,1-6H2,(H,14,16). The molecular weight excluding hydrogens is 234 g/mol. The van der Waals surface area contributed by atoms with Gasteiger partial charge in [-0.15, -0.1) is 11.3 Å². The van der Waals surface area contributed by atoms with Crippen LogP contribution < -0.4 is 5.32 Å². The fourth-order valence-corrected chi connectivity index (χ4v) is 3.51. The van der Waals surface area contributed by atoms with Gasteiger partial charge in [-0.2, -0.15) is 0 Å². The third-order valence-electron chi connectivity index (χ3n) is 3.84. The van der Waals surface area contributed by atoms with Gasteiger partial charge in [0.25, 0.3) is 5.91 Å². The first-order valence-corrected chi connectivity index (χ1v) is 7.22. The quantitative estimate of drug-likeness (QED) is 0.866. The van der Waals surface area contributed by atoms with Crippen LogP contribution >= 0.6 is 11.3 Å². The maximum Gasteiger partial charge on any atom is 0.271 e. The molecule has 17 heavy (non-hydrogen) atoms. The highest BCUT2D eigenvalue weighted by Crippen LogP contribution is 2.27. The molecular formula is C12H17N3OS. The Morgan fingerprint density at radius 1 is 1.41 bits per heavy atom. The topological polar surface area (TPSA) is 45.2 Å². The van der Waals surface area contributed by atoms with Gasteiger partial charge in [0, 0.05) is 24.0 Å². The molecule has 92 valence electrons. The molecule has 1 aromatic heterocycles. The number of carbonyl (C=O) groups is 1. The molecule has 2 aliphatic rings. The van der Waals surface area contributed by atoms with Crippen LogP contribution in [-0.2, 0) is 0 Å². The molecule has 1 N–H and O–H groups in total. The summed E-state index contributed by atoms with van der Waals surface area (Å²) in [7, 11) is 0. The Morgan fingerprint density at radius 2 is 2.35 bits per heavy atom. The van der Waals surface area contributed by atoms with E-state index in [4.69, 9.17) is 0 Å². The minimum absolute atomic E-state index is 0.0105. The van der Waals surface area contributed by atoms with E-state index >= 15 is 0 Å². The van der Waals surface area contributed by atoms with Crippen molar-refractivity contribution in [2.24, 2.45) is 0 Å². The Kier molecular flexibility index (Phi) is 3.11. The molecule has 0 spiro atoms. The molecule has 3 rings (SSSR count). The third-order valence-corrected chi connectivity index (χ3v) is 4.42. The van der Waals surface area contributed by atoms with Crippen LogP contribution in [0, 0.1) is 0 Å². The molecule has 1 aromatic rings. The van der Waals surface area contributed by atoms with Crippen molar-refractivity contribution in [2.45, 2.75) is 37.8 Å². The largest absolute Gasteiger partial charge is 0.346 e. The van der Waals surface area contributed by atoms with Gasteiger partial charge in [0.05, 0.1) is 5.51 Å². The van der Waals surface area contributed by atoms with Crippen molar-refractivity contribution in [1.29, 1.82) is 0 Å². The van der Waals surface area contributed by atoms with Gasteiger partial charge in [-0.25, -0.2) is 4.98 Å². The van der Waals surface area contributed by atoms with Gasteiger partial charge >= 0.3 is 0 Å². The number of aromatic nitrogens is 1. The van der Waals surface area contributed by atoms with E-state index in [0.29, 0.717) is 17.8 Å². The molecule has 2 aliphatic heterocycles. The lowest BCUT2D eigenvalue weighted by atomic mass is 9.99. The second kappa shape index (κ2) is 4.74. The molecule has 5 heteroatoms. The summed E-state index contributed by atoms with van der Waals surface area (Å²) < 4.78 is 0. The van der Waals surface area contributed by atoms with Crippen LogP contribution in [0.25, 0.3) is 0 Å². The lowest BCUT2D eigenvalue weighted by Gasteiger charge is -2.32. The smallest absolute Gasteiger partial charge is 0.271 e. The monoisotopic (exact) mass is 251 g/mol. The van der Waals surface area contributed by atoms with Crippen molar-refractivity contribution >= 4 is 17.2 Å². The highest BCUT2D eigenvalue weighted by Gasteiger charge is 2.36. The third kappa shape index (κ3) is 2.21. The molecule has 0 aromatic carbocycles. The zero-order chi connectivity index (χ0) is 11.7.